The Morgan fingerprint density at radius 1 is 1.06 bits per heavy atom. The number of carboxylic acid groups (broad SMARTS) is 3. The van der Waals surface area contributed by atoms with Gasteiger partial charge in [-0.05, 0) is 25.0 Å². The number of hydrogen-bond donors (Lipinski definition) is 2. The summed E-state index contributed by atoms with van der Waals surface area (Å²) < 4.78 is 16.4. The molecule has 1 aromatic heterocycles. The van der Waals surface area contributed by atoms with Crippen molar-refractivity contribution in [3.63, 3.8) is 0 Å². The zero-order valence-electron chi connectivity index (χ0n) is 17.7. The molecule has 0 unspecified atom stereocenters. The second-order valence-electron chi connectivity index (χ2n) is 6.95. The topological polar surface area (TPSA) is 155 Å². The Labute approximate surface area is 226 Å². The fraction of sp³-hybridized carbons (Fsp3) is 0.368. The normalized spacial score (nSPS) is 15.0. The van der Waals surface area contributed by atoms with Crippen LogP contribution in [0.25, 0.3) is 10.9 Å². The quantitative estimate of drug-likeness (QED) is 0.332. The van der Waals surface area contributed by atoms with Crippen LogP contribution in [0.5, 0.6) is 0 Å². The summed E-state index contributed by atoms with van der Waals surface area (Å²) in [5.41, 5.74) is 0.159. The van der Waals surface area contributed by atoms with E-state index in [2.05, 4.69) is 5.32 Å². The summed E-state index contributed by atoms with van der Waals surface area (Å²) in [7, 11) is 0. The molecule has 1 aliphatic heterocycles. The maximum atomic E-state index is 14.6. The van der Waals surface area contributed by atoms with Crippen molar-refractivity contribution in [3.05, 3.63) is 39.9 Å². The van der Waals surface area contributed by atoms with Crippen molar-refractivity contribution in [2.75, 3.05) is 31.1 Å². The minimum Gasteiger partial charge on any atom is -0.543 e. The molecule has 2 heterocycles. The number of pyridine rings is 1. The summed E-state index contributed by atoms with van der Waals surface area (Å²) in [5.74, 6) is -6.13. The number of carbonyl (C=O) groups excluding carboxylic acids is 2. The molecule has 4 rings (SSSR count). The molecule has 0 atom stereocenters. The van der Waals surface area contributed by atoms with Crippen LogP contribution in [-0.2, 0) is 9.59 Å². The van der Waals surface area contributed by atoms with Crippen LogP contribution in [0.1, 0.15) is 29.2 Å². The first kappa shape index (κ1) is 28.6. The fourth-order valence-corrected chi connectivity index (χ4v) is 3.31. The van der Waals surface area contributed by atoms with Crippen LogP contribution in [-0.4, -0.2) is 53.8 Å². The van der Waals surface area contributed by atoms with E-state index in [-0.39, 0.29) is 76.1 Å². The Bertz CT molecular complexity index is 1070. The molecule has 0 amide bonds. The number of halogens is 1. The number of carboxylic acids is 3. The number of nitrogens with one attached hydrogen (secondary N) is 1. The van der Waals surface area contributed by atoms with E-state index in [1.165, 1.54) is 12.3 Å². The van der Waals surface area contributed by atoms with E-state index in [1.54, 1.807) is 6.07 Å². The Morgan fingerprint density at radius 2 is 1.62 bits per heavy atom. The van der Waals surface area contributed by atoms with Gasteiger partial charge in [0.05, 0.1) is 23.1 Å². The first-order valence-corrected chi connectivity index (χ1v) is 9.20. The van der Waals surface area contributed by atoms with Crippen molar-refractivity contribution in [2.24, 2.45) is 0 Å². The zero-order valence-corrected chi connectivity index (χ0v) is 21.7. The number of piperazine rings is 1. The van der Waals surface area contributed by atoms with Gasteiger partial charge in [0.15, 0.2) is 0 Å². The van der Waals surface area contributed by atoms with Crippen LogP contribution in [0, 0.1) is 5.82 Å². The molecule has 2 N–H and O–H groups in total. The maximum absolute atomic E-state index is 14.6. The molecule has 0 spiro atoms. The van der Waals surface area contributed by atoms with Gasteiger partial charge < -0.3 is 39.7 Å². The van der Waals surface area contributed by atoms with Gasteiger partial charge in [-0.15, -0.1) is 0 Å². The summed E-state index contributed by atoms with van der Waals surface area (Å²) in [4.78, 5) is 43.6. The molecule has 2 fully saturated rings. The number of aromatic carboxylic acids is 1. The maximum Gasteiger partial charge on any atom is 1.00 e. The van der Waals surface area contributed by atoms with Crippen LogP contribution in [0.15, 0.2) is 23.1 Å². The molecule has 0 bridgehead atoms. The SMILES string of the molecule is O=C(O)c1cn(C2CC2)c2cc(N3CCNCC3)c(F)cc2c1=O.O=C([O-])C(=O)[O-].[Na+].[Na+]. The summed E-state index contributed by atoms with van der Waals surface area (Å²) in [5, 5.41) is 30.5. The van der Waals surface area contributed by atoms with E-state index in [0.29, 0.717) is 24.3 Å². The largest absolute Gasteiger partial charge is 1.00 e. The van der Waals surface area contributed by atoms with E-state index in [1.807, 2.05) is 9.47 Å². The van der Waals surface area contributed by atoms with Crippen LogP contribution in [0.3, 0.4) is 0 Å². The van der Waals surface area contributed by atoms with Gasteiger partial charge in [0, 0.05) is 43.8 Å². The van der Waals surface area contributed by atoms with Gasteiger partial charge in [0.2, 0.25) is 5.43 Å². The predicted octanol–water partition coefficient (Wildman–Crippen LogP) is -7.92. The standard InChI is InChI=1S/C17H18FN3O3.C2H2O4.2Na/c18-13-7-11-14(8-15(13)20-5-3-19-4-6-20)21(10-1-2-10)9-12(16(11)22)17(23)24;3-1(4)2(5)6;;/h7-10,19H,1-6H2,(H,23,24);(H,3,4)(H,5,6);;/q;;2*+1/p-2. The molecule has 160 valence electrons. The third-order valence-corrected chi connectivity index (χ3v) is 4.90. The molecule has 1 aromatic carbocycles. The number of benzene rings is 1. The van der Waals surface area contributed by atoms with Crippen molar-refractivity contribution >= 4 is 34.5 Å². The predicted molar refractivity (Wildman–Crippen MR) is 98.5 cm³/mol. The van der Waals surface area contributed by atoms with Crippen LogP contribution in [0.2, 0.25) is 0 Å². The molecule has 10 nitrogen and oxygen atoms in total. The molecule has 1 saturated carbocycles. The molecule has 0 radical (unpaired) electrons. The molecule has 1 aliphatic carbocycles. The van der Waals surface area contributed by atoms with Crippen LogP contribution < -0.4 is 85.0 Å². The second kappa shape index (κ2) is 12.1. The number of hydrogen-bond acceptors (Lipinski definition) is 8. The Balaban J connectivity index is 0.000000571. The van der Waals surface area contributed by atoms with E-state index in [4.69, 9.17) is 19.8 Å². The van der Waals surface area contributed by atoms with Crippen LogP contribution in [0.4, 0.5) is 10.1 Å². The van der Waals surface area contributed by atoms with Crippen molar-refractivity contribution in [3.8, 4) is 0 Å². The van der Waals surface area contributed by atoms with E-state index >= 15 is 0 Å². The second-order valence-corrected chi connectivity index (χ2v) is 6.95. The minimum absolute atomic E-state index is 0. The molecule has 1 saturated heterocycles. The third-order valence-electron chi connectivity index (χ3n) is 4.90. The van der Waals surface area contributed by atoms with Crippen LogP contribution >= 0.6 is 0 Å². The first-order chi connectivity index (χ1) is 14.2. The molecule has 32 heavy (non-hydrogen) atoms. The number of rotatable bonds is 3. The zero-order chi connectivity index (χ0) is 22.0. The van der Waals surface area contributed by atoms with E-state index in [9.17, 15) is 19.1 Å². The van der Waals surface area contributed by atoms with Crippen molar-refractivity contribution in [1.82, 2.24) is 9.88 Å². The average Bonchev–Trinajstić information content (AvgIpc) is 3.54. The summed E-state index contributed by atoms with van der Waals surface area (Å²) in [6.07, 6.45) is 3.29. The third kappa shape index (κ3) is 6.53. The number of fused-ring (bicyclic) bond motifs is 1. The van der Waals surface area contributed by atoms with Crippen molar-refractivity contribution in [1.29, 1.82) is 0 Å². The summed E-state index contributed by atoms with van der Waals surface area (Å²) in [6.45, 7) is 2.96. The first-order valence-electron chi connectivity index (χ1n) is 9.20. The van der Waals surface area contributed by atoms with E-state index < -0.39 is 29.2 Å². The molecule has 13 heteroatoms. The monoisotopic (exact) mass is 465 g/mol. The van der Waals surface area contributed by atoms with E-state index in [0.717, 1.165) is 25.9 Å². The fourth-order valence-electron chi connectivity index (χ4n) is 3.31. The van der Waals surface area contributed by atoms with Gasteiger partial charge in [-0.3, -0.25) is 4.79 Å². The van der Waals surface area contributed by atoms with Gasteiger partial charge in [-0.1, -0.05) is 0 Å². The van der Waals surface area contributed by atoms with Gasteiger partial charge in [-0.2, -0.15) is 0 Å². The average molecular weight is 465 g/mol. The van der Waals surface area contributed by atoms with Gasteiger partial charge in [0.1, 0.15) is 11.4 Å². The smallest absolute Gasteiger partial charge is 0.543 e. The van der Waals surface area contributed by atoms with Gasteiger partial charge in [0.25, 0.3) is 0 Å². The minimum atomic E-state index is -2.19. The Morgan fingerprint density at radius 3 is 2.09 bits per heavy atom. The van der Waals surface area contributed by atoms with Gasteiger partial charge in [-0.25, -0.2) is 9.18 Å². The summed E-state index contributed by atoms with van der Waals surface area (Å²) in [6, 6.07) is 3.08. The number of aromatic nitrogens is 1. The van der Waals surface area contributed by atoms with Crippen molar-refractivity contribution < 1.29 is 93.2 Å². The summed E-state index contributed by atoms with van der Waals surface area (Å²) >= 11 is 0. The molecule has 2 aliphatic rings. The number of nitrogens with zero attached hydrogens (tertiary/aromatic N) is 2. The van der Waals surface area contributed by atoms with Gasteiger partial charge >= 0.3 is 65.1 Å². The number of anilines is 1. The Hall–Kier alpha value is -1.47. The number of aliphatic carboxylic acids is 2. The molecular weight excluding hydrogens is 447 g/mol. The molecule has 2 aromatic rings. The molecular formula is C19H18FN3Na2O7. The van der Waals surface area contributed by atoms with Crippen molar-refractivity contribution in [2.45, 2.75) is 18.9 Å². The number of carbonyl (C=O) groups is 3. The Kier molecular flexibility index (Phi) is 10.8.